The van der Waals surface area contributed by atoms with Crippen molar-refractivity contribution in [2.45, 2.75) is 51.7 Å². The Morgan fingerprint density at radius 2 is 2.00 bits per heavy atom. The topological polar surface area (TPSA) is 34.1 Å². The molecule has 0 saturated heterocycles. The van der Waals surface area contributed by atoms with Crippen LogP contribution in [0.5, 0.6) is 0 Å². The van der Waals surface area contributed by atoms with E-state index in [0.29, 0.717) is 12.0 Å². The molecule has 0 bridgehead atoms. The fraction of sp³-hybridized carbons (Fsp3) is 0.688. The van der Waals surface area contributed by atoms with E-state index in [1.165, 1.54) is 0 Å². The third-order valence-corrected chi connectivity index (χ3v) is 9.08. The Morgan fingerprint density at radius 1 is 1.32 bits per heavy atom. The van der Waals surface area contributed by atoms with E-state index in [4.69, 9.17) is 16.0 Å². The monoisotopic (exact) mass is 346 g/mol. The highest BCUT2D eigenvalue weighted by Gasteiger charge is 2.36. The van der Waals surface area contributed by atoms with Gasteiger partial charge in [-0.25, -0.2) is 9.37 Å². The first-order valence-electron chi connectivity index (χ1n) is 7.79. The van der Waals surface area contributed by atoms with Crippen molar-refractivity contribution in [3.63, 3.8) is 0 Å². The normalized spacial score (nSPS) is 12.7. The van der Waals surface area contributed by atoms with Crippen molar-refractivity contribution in [3.05, 3.63) is 28.8 Å². The number of nitrogens with zero attached hydrogens (tertiary/aromatic N) is 1. The lowest BCUT2D eigenvalue weighted by Crippen LogP contribution is -2.42. The van der Waals surface area contributed by atoms with Gasteiger partial charge in [0.1, 0.15) is 0 Å². The summed E-state index contributed by atoms with van der Waals surface area (Å²) in [5, 5.41) is 3.53. The van der Waals surface area contributed by atoms with Gasteiger partial charge in [0.2, 0.25) is 0 Å². The van der Waals surface area contributed by atoms with Crippen LogP contribution in [0, 0.1) is 5.82 Å². The largest absolute Gasteiger partial charge is 0.416 e. The van der Waals surface area contributed by atoms with Gasteiger partial charge in [-0.2, -0.15) is 0 Å². The third kappa shape index (κ3) is 5.95. The quantitative estimate of drug-likeness (QED) is 0.430. The van der Waals surface area contributed by atoms with Crippen LogP contribution >= 0.6 is 11.6 Å². The SMILES string of the molecule is CC(C)(C)[Si](C)(C)OCCNCCCc1ccnc(Cl)c1F. The van der Waals surface area contributed by atoms with Gasteiger partial charge in [0, 0.05) is 19.3 Å². The van der Waals surface area contributed by atoms with E-state index in [2.05, 4.69) is 44.2 Å². The molecule has 1 N–H and O–H groups in total. The zero-order chi connectivity index (χ0) is 16.8. The number of hydrogen-bond donors (Lipinski definition) is 1. The molecule has 0 atom stereocenters. The Morgan fingerprint density at radius 3 is 2.64 bits per heavy atom. The Labute approximate surface area is 139 Å². The van der Waals surface area contributed by atoms with E-state index in [1.807, 2.05) is 0 Å². The predicted molar refractivity (Wildman–Crippen MR) is 93.5 cm³/mol. The molecule has 0 amide bonds. The predicted octanol–water partition coefficient (Wildman–Crippen LogP) is 4.42. The molecular formula is C16H28ClFN2OSi. The highest BCUT2D eigenvalue weighted by atomic mass is 35.5. The van der Waals surface area contributed by atoms with Gasteiger partial charge in [-0.15, -0.1) is 0 Å². The first-order valence-corrected chi connectivity index (χ1v) is 11.1. The molecule has 0 aromatic carbocycles. The molecule has 6 heteroatoms. The van der Waals surface area contributed by atoms with E-state index >= 15 is 0 Å². The van der Waals surface area contributed by atoms with Crippen LogP contribution in [0.2, 0.25) is 23.3 Å². The number of pyridine rings is 1. The van der Waals surface area contributed by atoms with Crippen LogP contribution in [0.1, 0.15) is 32.8 Å². The van der Waals surface area contributed by atoms with Gasteiger partial charge in [0.15, 0.2) is 19.3 Å². The highest BCUT2D eigenvalue weighted by molar-refractivity contribution is 6.74. The third-order valence-electron chi connectivity index (χ3n) is 4.27. The lowest BCUT2D eigenvalue weighted by atomic mass is 10.1. The number of nitrogens with one attached hydrogen (secondary N) is 1. The fourth-order valence-electron chi connectivity index (χ4n) is 1.77. The molecular weight excluding hydrogens is 319 g/mol. The molecule has 3 nitrogen and oxygen atoms in total. The zero-order valence-electron chi connectivity index (χ0n) is 14.3. The molecule has 22 heavy (non-hydrogen) atoms. The van der Waals surface area contributed by atoms with Gasteiger partial charge >= 0.3 is 0 Å². The molecule has 126 valence electrons. The number of halogens is 2. The van der Waals surface area contributed by atoms with Crippen molar-refractivity contribution in [1.82, 2.24) is 10.3 Å². The molecule has 0 radical (unpaired) electrons. The summed E-state index contributed by atoms with van der Waals surface area (Å²) in [6.45, 7) is 13.6. The van der Waals surface area contributed by atoms with E-state index in [0.717, 1.165) is 26.1 Å². The van der Waals surface area contributed by atoms with Gasteiger partial charge in [-0.1, -0.05) is 32.4 Å². The Hall–Kier alpha value is -0.493. The molecule has 1 aromatic heterocycles. The maximum Gasteiger partial charge on any atom is 0.192 e. The minimum absolute atomic E-state index is 0.0479. The first kappa shape index (κ1) is 19.6. The van der Waals surface area contributed by atoms with Crippen molar-refractivity contribution in [3.8, 4) is 0 Å². The lowest BCUT2D eigenvalue weighted by Gasteiger charge is -2.36. The second-order valence-corrected chi connectivity index (χ2v) is 12.2. The molecule has 0 saturated carbocycles. The maximum absolute atomic E-state index is 13.6. The number of hydrogen-bond acceptors (Lipinski definition) is 3. The molecule has 0 aliphatic heterocycles. The summed E-state index contributed by atoms with van der Waals surface area (Å²) in [7, 11) is -1.65. The van der Waals surface area contributed by atoms with Crippen molar-refractivity contribution in [1.29, 1.82) is 0 Å². The van der Waals surface area contributed by atoms with Crippen LogP contribution in [-0.4, -0.2) is 33.0 Å². The molecule has 1 heterocycles. The van der Waals surface area contributed by atoms with Crippen molar-refractivity contribution >= 4 is 19.9 Å². The number of rotatable bonds is 8. The van der Waals surface area contributed by atoms with Crippen LogP contribution in [-0.2, 0) is 10.8 Å². The van der Waals surface area contributed by atoms with Crippen molar-refractivity contribution in [2.75, 3.05) is 19.7 Å². The molecule has 0 fully saturated rings. The van der Waals surface area contributed by atoms with Crippen LogP contribution in [0.3, 0.4) is 0 Å². The minimum Gasteiger partial charge on any atom is -0.416 e. The fourth-order valence-corrected chi connectivity index (χ4v) is 2.99. The molecule has 0 aliphatic carbocycles. The highest BCUT2D eigenvalue weighted by Crippen LogP contribution is 2.36. The smallest absolute Gasteiger partial charge is 0.192 e. The second kappa shape index (κ2) is 8.38. The minimum atomic E-state index is -1.65. The van der Waals surface area contributed by atoms with E-state index in [-0.39, 0.29) is 10.2 Å². The van der Waals surface area contributed by atoms with Crippen molar-refractivity contribution < 1.29 is 8.82 Å². The standard InChI is InChI=1S/C16H28ClFN2OSi/c1-16(2,3)22(4,5)21-12-11-19-9-6-7-13-8-10-20-15(17)14(13)18/h8,10,19H,6-7,9,11-12H2,1-5H3. The molecule has 0 spiro atoms. The maximum atomic E-state index is 13.6. The van der Waals surface area contributed by atoms with Crippen LogP contribution < -0.4 is 5.32 Å². The van der Waals surface area contributed by atoms with E-state index in [1.54, 1.807) is 12.3 Å². The Balaban J connectivity index is 2.18. The molecule has 1 aromatic rings. The summed E-state index contributed by atoms with van der Waals surface area (Å²) in [5.41, 5.74) is 0.624. The van der Waals surface area contributed by atoms with Gasteiger partial charge in [-0.3, -0.25) is 0 Å². The van der Waals surface area contributed by atoms with E-state index in [9.17, 15) is 4.39 Å². The van der Waals surface area contributed by atoms with Crippen LogP contribution in [0.4, 0.5) is 4.39 Å². The molecule has 0 unspecified atom stereocenters. The summed E-state index contributed by atoms with van der Waals surface area (Å²) in [6, 6.07) is 1.68. The van der Waals surface area contributed by atoms with Gasteiger partial charge in [0.25, 0.3) is 0 Å². The van der Waals surface area contributed by atoms with Gasteiger partial charge in [0.05, 0.1) is 0 Å². The average molecular weight is 347 g/mol. The molecule has 0 aliphatic rings. The number of aryl methyl sites for hydroxylation is 1. The second-order valence-electron chi connectivity index (χ2n) is 7.04. The first-order chi connectivity index (χ1) is 10.1. The summed E-state index contributed by atoms with van der Waals surface area (Å²) in [5.74, 6) is -0.398. The molecule has 1 rings (SSSR count). The summed E-state index contributed by atoms with van der Waals surface area (Å²) in [6.07, 6.45) is 3.06. The zero-order valence-corrected chi connectivity index (χ0v) is 16.1. The van der Waals surface area contributed by atoms with E-state index < -0.39 is 14.1 Å². The number of aromatic nitrogens is 1. The average Bonchev–Trinajstić information content (AvgIpc) is 2.41. The lowest BCUT2D eigenvalue weighted by molar-refractivity contribution is 0.286. The summed E-state index contributed by atoms with van der Waals surface area (Å²) in [4.78, 5) is 3.71. The van der Waals surface area contributed by atoms with Crippen LogP contribution in [0.15, 0.2) is 12.3 Å². The Kier molecular flexibility index (Phi) is 7.45. The van der Waals surface area contributed by atoms with Gasteiger partial charge < -0.3 is 9.74 Å². The summed E-state index contributed by atoms with van der Waals surface area (Å²) >= 11 is 5.66. The Bertz CT molecular complexity index is 478. The van der Waals surface area contributed by atoms with Crippen LogP contribution in [0.25, 0.3) is 0 Å². The summed E-state index contributed by atoms with van der Waals surface area (Å²) < 4.78 is 19.7. The van der Waals surface area contributed by atoms with Gasteiger partial charge in [-0.05, 0) is 49.1 Å². The van der Waals surface area contributed by atoms with Crippen molar-refractivity contribution in [2.24, 2.45) is 0 Å².